The molecule has 0 unspecified atom stereocenters. The number of pyridine rings is 1. The van der Waals surface area contributed by atoms with E-state index in [1.54, 1.807) is 18.2 Å². The molecule has 6 heteroatoms. The first-order valence-electron chi connectivity index (χ1n) is 8.98. The van der Waals surface area contributed by atoms with Gasteiger partial charge in [0.25, 0.3) is 5.91 Å². The van der Waals surface area contributed by atoms with Crippen molar-refractivity contribution in [2.24, 2.45) is 0 Å². The predicted molar refractivity (Wildman–Crippen MR) is 99.2 cm³/mol. The molecule has 0 spiro atoms. The maximum atomic E-state index is 12.8. The van der Waals surface area contributed by atoms with E-state index in [1.807, 2.05) is 41.3 Å². The number of carbonyl (C=O) groups is 1. The Morgan fingerprint density at radius 1 is 1.07 bits per heavy atom. The van der Waals surface area contributed by atoms with Crippen LogP contribution in [0.2, 0.25) is 0 Å². The minimum atomic E-state index is -0.0587. The average Bonchev–Trinajstić information content (AvgIpc) is 3.36. The highest BCUT2D eigenvalue weighted by molar-refractivity contribution is 5.95. The Kier molecular flexibility index (Phi) is 3.81. The van der Waals surface area contributed by atoms with Gasteiger partial charge in [0.05, 0.1) is 12.1 Å². The van der Waals surface area contributed by atoms with Gasteiger partial charge in [0.1, 0.15) is 6.10 Å². The molecule has 136 valence electrons. The summed E-state index contributed by atoms with van der Waals surface area (Å²) >= 11 is 0. The number of hydrogen-bond donors (Lipinski definition) is 0. The lowest BCUT2D eigenvalue weighted by atomic mass is 10.2. The zero-order valence-electron chi connectivity index (χ0n) is 14.6. The molecule has 3 heterocycles. The van der Waals surface area contributed by atoms with E-state index in [0.29, 0.717) is 36.0 Å². The van der Waals surface area contributed by atoms with Gasteiger partial charge in [-0.05, 0) is 30.3 Å². The van der Waals surface area contributed by atoms with Crippen LogP contribution in [0.1, 0.15) is 16.8 Å². The van der Waals surface area contributed by atoms with E-state index in [9.17, 15) is 4.79 Å². The molecule has 0 N–H and O–H groups in total. The minimum Gasteiger partial charge on any atom is -0.472 e. The van der Waals surface area contributed by atoms with Crippen molar-refractivity contribution in [1.29, 1.82) is 0 Å². The molecule has 1 saturated heterocycles. The molecule has 1 fully saturated rings. The lowest BCUT2D eigenvalue weighted by molar-refractivity contribution is 0.0771. The average molecular weight is 362 g/mol. The van der Waals surface area contributed by atoms with Crippen molar-refractivity contribution >= 4 is 16.8 Å². The second-order valence-corrected chi connectivity index (χ2v) is 6.69. The summed E-state index contributed by atoms with van der Waals surface area (Å²) in [4.78, 5) is 19.1. The molecule has 2 aromatic carbocycles. The SMILES string of the molecule is O=C(c1ccc2c(c1)OCO2)N1CC[C@@H](Oc2ccc3ccccc3n2)C1. The van der Waals surface area contributed by atoms with Crippen LogP contribution in [0, 0.1) is 0 Å². The third kappa shape index (κ3) is 3.03. The van der Waals surface area contributed by atoms with Crippen LogP contribution in [0.3, 0.4) is 0 Å². The quantitative estimate of drug-likeness (QED) is 0.716. The summed E-state index contributed by atoms with van der Waals surface area (Å²) in [6.45, 7) is 1.40. The molecular formula is C21H18N2O4. The maximum absolute atomic E-state index is 12.8. The van der Waals surface area contributed by atoms with Gasteiger partial charge in [0.15, 0.2) is 11.5 Å². The Morgan fingerprint density at radius 2 is 1.96 bits per heavy atom. The number of ether oxygens (including phenoxy) is 3. The summed E-state index contributed by atoms with van der Waals surface area (Å²) in [6, 6.07) is 17.1. The minimum absolute atomic E-state index is 0.0223. The number of amides is 1. The highest BCUT2D eigenvalue weighted by Crippen LogP contribution is 2.33. The first kappa shape index (κ1) is 15.9. The Morgan fingerprint density at radius 3 is 2.93 bits per heavy atom. The highest BCUT2D eigenvalue weighted by atomic mass is 16.7. The number of fused-ring (bicyclic) bond motifs is 2. The summed E-state index contributed by atoms with van der Waals surface area (Å²) < 4.78 is 16.7. The second-order valence-electron chi connectivity index (χ2n) is 6.69. The fraction of sp³-hybridized carbons (Fsp3) is 0.238. The van der Waals surface area contributed by atoms with Gasteiger partial charge in [0.2, 0.25) is 12.7 Å². The van der Waals surface area contributed by atoms with Gasteiger partial charge >= 0.3 is 0 Å². The molecule has 1 atom stereocenters. The van der Waals surface area contributed by atoms with Gasteiger partial charge in [-0.25, -0.2) is 4.98 Å². The Balaban J connectivity index is 1.27. The third-order valence-electron chi connectivity index (χ3n) is 4.91. The van der Waals surface area contributed by atoms with Crippen molar-refractivity contribution in [2.75, 3.05) is 19.9 Å². The fourth-order valence-electron chi connectivity index (χ4n) is 3.50. The van der Waals surface area contributed by atoms with Crippen LogP contribution in [0.5, 0.6) is 17.4 Å². The Hall–Kier alpha value is -3.28. The fourth-order valence-corrected chi connectivity index (χ4v) is 3.50. The Bertz CT molecular complexity index is 1020. The molecule has 5 rings (SSSR count). The lowest BCUT2D eigenvalue weighted by Gasteiger charge is -2.17. The maximum Gasteiger partial charge on any atom is 0.254 e. The van der Waals surface area contributed by atoms with Gasteiger partial charge in [-0.3, -0.25) is 4.79 Å². The van der Waals surface area contributed by atoms with Crippen molar-refractivity contribution in [3.05, 3.63) is 60.2 Å². The summed E-state index contributed by atoms with van der Waals surface area (Å²) in [7, 11) is 0. The van der Waals surface area contributed by atoms with E-state index >= 15 is 0 Å². The molecule has 0 saturated carbocycles. The van der Waals surface area contributed by atoms with E-state index in [4.69, 9.17) is 14.2 Å². The molecule has 2 aliphatic rings. The number of rotatable bonds is 3. The number of carbonyl (C=O) groups excluding carboxylic acids is 1. The van der Waals surface area contributed by atoms with E-state index < -0.39 is 0 Å². The standard InChI is InChI=1S/C21H18N2O4/c24-21(15-5-7-18-19(11-15)26-13-25-18)23-10-9-16(12-23)27-20-8-6-14-3-1-2-4-17(14)22-20/h1-8,11,16H,9-10,12-13H2/t16-/m1/s1. The molecule has 6 nitrogen and oxygen atoms in total. The summed E-state index contributed by atoms with van der Waals surface area (Å²) in [6.07, 6.45) is 0.724. The van der Waals surface area contributed by atoms with Gasteiger partial charge < -0.3 is 19.1 Å². The van der Waals surface area contributed by atoms with Crippen molar-refractivity contribution in [3.63, 3.8) is 0 Å². The summed E-state index contributed by atoms with van der Waals surface area (Å²) in [5.74, 6) is 1.87. The van der Waals surface area contributed by atoms with Crippen LogP contribution < -0.4 is 14.2 Å². The molecule has 3 aromatic rings. The van der Waals surface area contributed by atoms with E-state index in [0.717, 1.165) is 17.3 Å². The van der Waals surface area contributed by atoms with Crippen LogP contribution in [0.15, 0.2) is 54.6 Å². The van der Waals surface area contributed by atoms with Crippen LogP contribution in [0.25, 0.3) is 10.9 Å². The molecule has 0 aliphatic carbocycles. The number of likely N-dealkylation sites (tertiary alicyclic amines) is 1. The highest BCUT2D eigenvalue weighted by Gasteiger charge is 2.29. The molecule has 0 bridgehead atoms. The summed E-state index contributed by atoms with van der Waals surface area (Å²) in [5, 5.41) is 1.08. The van der Waals surface area contributed by atoms with Crippen LogP contribution in [0.4, 0.5) is 0 Å². The van der Waals surface area contributed by atoms with Crippen molar-refractivity contribution in [1.82, 2.24) is 9.88 Å². The number of benzene rings is 2. The molecule has 0 radical (unpaired) electrons. The van der Waals surface area contributed by atoms with Crippen molar-refractivity contribution in [3.8, 4) is 17.4 Å². The van der Waals surface area contributed by atoms with Gasteiger partial charge in [-0.2, -0.15) is 0 Å². The molecule has 1 amide bonds. The Labute approximate surface area is 156 Å². The number of hydrogen-bond acceptors (Lipinski definition) is 5. The number of para-hydroxylation sites is 1. The monoisotopic (exact) mass is 362 g/mol. The van der Waals surface area contributed by atoms with E-state index in [2.05, 4.69) is 4.98 Å². The van der Waals surface area contributed by atoms with Gasteiger partial charge in [-0.1, -0.05) is 18.2 Å². The molecule has 27 heavy (non-hydrogen) atoms. The topological polar surface area (TPSA) is 60.9 Å². The number of aromatic nitrogens is 1. The molecular weight excluding hydrogens is 344 g/mol. The zero-order valence-corrected chi connectivity index (χ0v) is 14.6. The van der Waals surface area contributed by atoms with E-state index in [1.165, 1.54) is 0 Å². The van der Waals surface area contributed by atoms with Crippen LogP contribution in [-0.2, 0) is 0 Å². The van der Waals surface area contributed by atoms with E-state index in [-0.39, 0.29) is 18.8 Å². The van der Waals surface area contributed by atoms with Crippen LogP contribution in [-0.4, -0.2) is 41.8 Å². The smallest absolute Gasteiger partial charge is 0.254 e. The van der Waals surface area contributed by atoms with Gasteiger partial charge in [0, 0.05) is 30.0 Å². The lowest BCUT2D eigenvalue weighted by Crippen LogP contribution is -2.31. The summed E-state index contributed by atoms with van der Waals surface area (Å²) in [5.41, 5.74) is 1.50. The molecule has 1 aromatic heterocycles. The normalized spacial score (nSPS) is 18.1. The zero-order chi connectivity index (χ0) is 18.2. The van der Waals surface area contributed by atoms with Crippen LogP contribution >= 0.6 is 0 Å². The third-order valence-corrected chi connectivity index (χ3v) is 4.91. The van der Waals surface area contributed by atoms with Gasteiger partial charge in [-0.15, -0.1) is 0 Å². The largest absolute Gasteiger partial charge is 0.472 e. The van der Waals surface area contributed by atoms with Crippen molar-refractivity contribution < 1.29 is 19.0 Å². The molecule has 2 aliphatic heterocycles. The predicted octanol–water partition coefficient (Wildman–Crippen LogP) is 3.26. The second kappa shape index (κ2) is 6.46. The first-order valence-corrected chi connectivity index (χ1v) is 8.98. The van der Waals surface area contributed by atoms with Crippen molar-refractivity contribution in [2.45, 2.75) is 12.5 Å². The first-order chi connectivity index (χ1) is 13.3. The number of nitrogens with zero attached hydrogens (tertiary/aromatic N) is 2.